The van der Waals surface area contributed by atoms with E-state index in [2.05, 4.69) is 27.7 Å². The van der Waals surface area contributed by atoms with E-state index in [9.17, 15) is 0 Å². The van der Waals surface area contributed by atoms with E-state index in [0.717, 1.165) is 24.1 Å². The fraction of sp³-hybridized carbons (Fsp3) is 0.625. The molecule has 1 heterocycles. The summed E-state index contributed by atoms with van der Waals surface area (Å²) in [5, 5.41) is 0. The Hall–Kier alpha value is -0.995. The largest absolute Gasteiger partial charge is 0.498 e. The third-order valence-electron chi connectivity index (χ3n) is 4.77. The monoisotopic (exact) mass is 274 g/mol. The Morgan fingerprint density at radius 3 is 2.20 bits per heavy atom. The topological polar surface area (TPSA) is 27.7 Å². The van der Waals surface area contributed by atoms with Gasteiger partial charge in [0.2, 0.25) is 0 Å². The molecule has 2 fully saturated rings. The SMILES string of the molecule is CC1(C)OB(c2ccccc2OC2CCC2)OC1(C)C. The van der Waals surface area contributed by atoms with Crippen molar-refractivity contribution in [2.45, 2.75) is 64.3 Å². The summed E-state index contributed by atoms with van der Waals surface area (Å²) in [6, 6.07) is 8.06. The standard InChI is InChI=1S/C16H23BO3/c1-15(2)16(3,4)20-17(19-15)13-10-5-6-11-14(13)18-12-8-7-9-12/h5-6,10-12H,7-9H2,1-4H3. The summed E-state index contributed by atoms with van der Waals surface area (Å²) in [5.41, 5.74) is 0.362. The predicted octanol–water partition coefficient (Wildman–Crippen LogP) is 2.92. The van der Waals surface area contributed by atoms with Gasteiger partial charge in [0.15, 0.2) is 0 Å². The zero-order valence-corrected chi connectivity index (χ0v) is 12.8. The van der Waals surface area contributed by atoms with Gasteiger partial charge in [-0.05, 0) is 53.0 Å². The molecule has 1 saturated heterocycles. The molecule has 1 aliphatic heterocycles. The molecule has 1 aromatic rings. The maximum absolute atomic E-state index is 6.12. The highest BCUT2D eigenvalue weighted by Gasteiger charge is 2.52. The molecule has 0 bridgehead atoms. The van der Waals surface area contributed by atoms with Crippen LogP contribution in [-0.4, -0.2) is 24.4 Å². The molecular weight excluding hydrogens is 251 g/mol. The van der Waals surface area contributed by atoms with Crippen molar-refractivity contribution in [1.82, 2.24) is 0 Å². The average Bonchev–Trinajstić information content (AvgIpc) is 2.54. The van der Waals surface area contributed by atoms with E-state index in [1.807, 2.05) is 24.3 Å². The Balaban J connectivity index is 1.84. The summed E-state index contributed by atoms with van der Waals surface area (Å²) in [5.74, 6) is 0.899. The summed E-state index contributed by atoms with van der Waals surface area (Å²) < 4.78 is 18.3. The van der Waals surface area contributed by atoms with Crippen LogP contribution in [-0.2, 0) is 9.31 Å². The Morgan fingerprint density at radius 1 is 1.05 bits per heavy atom. The predicted molar refractivity (Wildman–Crippen MR) is 80.4 cm³/mol. The normalized spacial score (nSPS) is 24.5. The van der Waals surface area contributed by atoms with Crippen LogP contribution in [0.25, 0.3) is 0 Å². The molecule has 20 heavy (non-hydrogen) atoms. The minimum Gasteiger partial charge on any atom is -0.491 e. The van der Waals surface area contributed by atoms with Crippen molar-refractivity contribution >= 4 is 12.6 Å². The van der Waals surface area contributed by atoms with Gasteiger partial charge in [-0.2, -0.15) is 0 Å². The highest BCUT2D eigenvalue weighted by molar-refractivity contribution is 6.63. The van der Waals surface area contributed by atoms with Crippen molar-refractivity contribution in [3.63, 3.8) is 0 Å². The Morgan fingerprint density at radius 2 is 1.65 bits per heavy atom. The Bertz CT molecular complexity index is 478. The maximum Gasteiger partial charge on any atom is 0.498 e. The van der Waals surface area contributed by atoms with Gasteiger partial charge in [-0.15, -0.1) is 0 Å². The first-order chi connectivity index (χ1) is 9.39. The highest BCUT2D eigenvalue weighted by atomic mass is 16.7. The van der Waals surface area contributed by atoms with E-state index < -0.39 is 0 Å². The van der Waals surface area contributed by atoms with Crippen molar-refractivity contribution in [1.29, 1.82) is 0 Å². The lowest BCUT2D eigenvalue weighted by molar-refractivity contribution is 0.00578. The smallest absolute Gasteiger partial charge is 0.491 e. The number of benzene rings is 1. The lowest BCUT2D eigenvalue weighted by Gasteiger charge is -2.32. The van der Waals surface area contributed by atoms with Crippen LogP contribution in [0.2, 0.25) is 0 Å². The second kappa shape index (κ2) is 4.78. The quantitative estimate of drug-likeness (QED) is 0.793. The van der Waals surface area contributed by atoms with Crippen LogP contribution in [0.5, 0.6) is 5.75 Å². The van der Waals surface area contributed by atoms with E-state index in [1.54, 1.807) is 0 Å². The van der Waals surface area contributed by atoms with Gasteiger partial charge in [-0.25, -0.2) is 0 Å². The van der Waals surface area contributed by atoms with Gasteiger partial charge in [0.1, 0.15) is 5.75 Å². The molecule has 108 valence electrons. The molecule has 1 aliphatic carbocycles. The summed E-state index contributed by atoms with van der Waals surface area (Å²) in [4.78, 5) is 0. The summed E-state index contributed by atoms with van der Waals surface area (Å²) in [6.07, 6.45) is 3.93. The molecule has 1 saturated carbocycles. The number of para-hydroxylation sites is 1. The lowest BCUT2D eigenvalue weighted by atomic mass is 9.78. The van der Waals surface area contributed by atoms with Crippen LogP contribution in [0.3, 0.4) is 0 Å². The molecule has 0 radical (unpaired) electrons. The number of ether oxygens (including phenoxy) is 1. The molecule has 2 aliphatic rings. The van der Waals surface area contributed by atoms with E-state index in [1.165, 1.54) is 6.42 Å². The van der Waals surface area contributed by atoms with Crippen LogP contribution < -0.4 is 10.2 Å². The zero-order valence-electron chi connectivity index (χ0n) is 12.8. The molecule has 1 aromatic carbocycles. The van der Waals surface area contributed by atoms with Gasteiger partial charge in [-0.3, -0.25) is 0 Å². The number of rotatable bonds is 3. The summed E-state index contributed by atoms with van der Waals surface area (Å²) in [6.45, 7) is 8.29. The van der Waals surface area contributed by atoms with Gasteiger partial charge in [-0.1, -0.05) is 18.2 Å². The first kappa shape index (κ1) is 14.0. The van der Waals surface area contributed by atoms with Crippen LogP contribution in [0.4, 0.5) is 0 Å². The number of hydrogen-bond donors (Lipinski definition) is 0. The second-order valence-electron chi connectivity index (χ2n) is 6.80. The van der Waals surface area contributed by atoms with E-state index >= 15 is 0 Å². The maximum atomic E-state index is 6.12. The van der Waals surface area contributed by atoms with Crippen molar-refractivity contribution < 1.29 is 14.0 Å². The molecule has 3 nitrogen and oxygen atoms in total. The fourth-order valence-corrected chi connectivity index (χ4v) is 2.42. The first-order valence-corrected chi connectivity index (χ1v) is 7.50. The third kappa shape index (κ3) is 2.36. The molecule has 0 amide bonds. The zero-order chi connectivity index (χ0) is 14.4. The van der Waals surface area contributed by atoms with Crippen LogP contribution in [0.1, 0.15) is 47.0 Å². The Labute approximate surface area is 121 Å². The molecule has 0 atom stereocenters. The van der Waals surface area contributed by atoms with Crippen LogP contribution in [0.15, 0.2) is 24.3 Å². The van der Waals surface area contributed by atoms with Crippen LogP contribution >= 0.6 is 0 Å². The van der Waals surface area contributed by atoms with E-state index in [0.29, 0.717) is 6.10 Å². The lowest BCUT2D eigenvalue weighted by Crippen LogP contribution is -2.41. The molecule has 0 spiro atoms. The second-order valence-corrected chi connectivity index (χ2v) is 6.80. The Kier molecular flexibility index (Phi) is 3.34. The van der Waals surface area contributed by atoms with Gasteiger partial charge in [0, 0.05) is 5.46 Å². The van der Waals surface area contributed by atoms with Crippen molar-refractivity contribution in [3.05, 3.63) is 24.3 Å². The fourth-order valence-electron chi connectivity index (χ4n) is 2.42. The van der Waals surface area contributed by atoms with E-state index in [-0.39, 0.29) is 18.3 Å². The summed E-state index contributed by atoms with van der Waals surface area (Å²) >= 11 is 0. The number of hydrogen-bond acceptors (Lipinski definition) is 3. The molecule has 3 rings (SSSR count). The minimum absolute atomic E-state index is 0.318. The summed E-state index contributed by atoms with van der Waals surface area (Å²) in [7, 11) is -0.351. The van der Waals surface area contributed by atoms with Gasteiger partial charge in [0.25, 0.3) is 0 Å². The molecule has 0 aromatic heterocycles. The van der Waals surface area contributed by atoms with Crippen molar-refractivity contribution in [2.24, 2.45) is 0 Å². The molecule has 0 N–H and O–H groups in total. The van der Waals surface area contributed by atoms with E-state index in [4.69, 9.17) is 14.0 Å². The van der Waals surface area contributed by atoms with Crippen LogP contribution in [0, 0.1) is 0 Å². The highest BCUT2D eigenvalue weighted by Crippen LogP contribution is 2.37. The first-order valence-electron chi connectivity index (χ1n) is 7.50. The molecule has 4 heteroatoms. The molecular formula is C16H23BO3. The average molecular weight is 274 g/mol. The van der Waals surface area contributed by atoms with Crippen molar-refractivity contribution in [2.75, 3.05) is 0 Å². The van der Waals surface area contributed by atoms with Gasteiger partial charge < -0.3 is 14.0 Å². The van der Waals surface area contributed by atoms with Crippen molar-refractivity contribution in [3.8, 4) is 5.75 Å². The minimum atomic E-state index is -0.351. The molecule has 0 unspecified atom stereocenters. The van der Waals surface area contributed by atoms with Gasteiger partial charge in [0.05, 0.1) is 17.3 Å². The third-order valence-corrected chi connectivity index (χ3v) is 4.77. The van der Waals surface area contributed by atoms with Gasteiger partial charge >= 0.3 is 7.12 Å².